The number of ether oxygens (including phenoxy) is 1. The van der Waals surface area contributed by atoms with Gasteiger partial charge in [0.25, 0.3) is 5.91 Å². The molecule has 2 heterocycles. The number of rotatable bonds is 4. The average Bonchev–Trinajstić information content (AvgIpc) is 2.90. The summed E-state index contributed by atoms with van der Waals surface area (Å²) in [6, 6.07) is 11.1. The summed E-state index contributed by atoms with van der Waals surface area (Å²) in [6.07, 6.45) is 1.06. The zero-order valence-electron chi connectivity index (χ0n) is 10.9. The summed E-state index contributed by atoms with van der Waals surface area (Å²) in [6.45, 7) is 0.995. The molecule has 104 valence electrons. The predicted molar refractivity (Wildman–Crippen MR) is 71.4 cm³/mol. The molecule has 1 amide bonds. The van der Waals surface area contributed by atoms with E-state index in [1.165, 1.54) is 6.26 Å². The van der Waals surface area contributed by atoms with Gasteiger partial charge in [-0.1, -0.05) is 18.2 Å². The first kappa shape index (κ1) is 12.7. The van der Waals surface area contributed by atoms with Gasteiger partial charge in [0.1, 0.15) is 12.4 Å². The number of hydrogen-bond donors (Lipinski definition) is 1. The summed E-state index contributed by atoms with van der Waals surface area (Å²) in [5, 5.41) is 9.24. The van der Waals surface area contributed by atoms with Crippen molar-refractivity contribution in [2.45, 2.75) is 12.7 Å². The summed E-state index contributed by atoms with van der Waals surface area (Å²) in [4.78, 5) is 13.7. The number of nitrogens with zero attached hydrogens (tertiary/aromatic N) is 1. The van der Waals surface area contributed by atoms with E-state index in [4.69, 9.17) is 9.15 Å². The summed E-state index contributed by atoms with van der Waals surface area (Å²) in [5.74, 6) is 0.825. The molecule has 0 spiro atoms. The van der Waals surface area contributed by atoms with Gasteiger partial charge in [-0.05, 0) is 18.2 Å². The third kappa shape index (κ3) is 2.53. The van der Waals surface area contributed by atoms with Gasteiger partial charge in [-0.2, -0.15) is 0 Å². The highest BCUT2D eigenvalue weighted by atomic mass is 16.5. The highest BCUT2D eigenvalue weighted by Gasteiger charge is 2.32. The first-order valence-electron chi connectivity index (χ1n) is 6.45. The van der Waals surface area contributed by atoms with Crippen molar-refractivity contribution >= 4 is 5.91 Å². The third-order valence-corrected chi connectivity index (χ3v) is 3.23. The molecule has 5 heteroatoms. The van der Waals surface area contributed by atoms with Gasteiger partial charge in [0, 0.05) is 18.7 Å². The Morgan fingerprint density at radius 3 is 2.75 bits per heavy atom. The Kier molecular flexibility index (Phi) is 3.43. The molecule has 0 saturated carbocycles. The van der Waals surface area contributed by atoms with Gasteiger partial charge < -0.3 is 19.2 Å². The monoisotopic (exact) mass is 273 g/mol. The number of benzene rings is 1. The number of para-hydroxylation sites is 1. The number of carbonyl (C=O) groups is 1. The lowest BCUT2D eigenvalue weighted by molar-refractivity contribution is 0.00373. The standard InChI is InChI=1S/C15H15NO4/c17-12-8-16(9-12)15(18)14-11(6-7-19-14)10-20-13-4-2-1-3-5-13/h1-7,12,17H,8-10H2. The van der Waals surface area contributed by atoms with Gasteiger partial charge in [-0.15, -0.1) is 0 Å². The first-order valence-corrected chi connectivity index (χ1v) is 6.45. The van der Waals surface area contributed by atoms with Gasteiger partial charge >= 0.3 is 0 Å². The molecule has 0 atom stereocenters. The summed E-state index contributed by atoms with van der Waals surface area (Å²) in [7, 11) is 0. The van der Waals surface area contributed by atoms with Crippen molar-refractivity contribution in [1.82, 2.24) is 4.90 Å². The van der Waals surface area contributed by atoms with Crippen LogP contribution in [-0.4, -0.2) is 35.1 Å². The molecule has 1 aromatic heterocycles. The second kappa shape index (κ2) is 5.38. The van der Waals surface area contributed by atoms with E-state index in [2.05, 4.69) is 0 Å². The molecule has 20 heavy (non-hydrogen) atoms. The average molecular weight is 273 g/mol. The van der Waals surface area contributed by atoms with Crippen molar-refractivity contribution in [2.75, 3.05) is 13.1 Å². The number of aliphatic hydroxyl groups excluding tert-OH is 1. The minimum Gasteiger partial charge on any atom is -0.489 e. The molecule has 0 aliphatic carbocycles. The van der Waals surface area contributed by atoms with Crippen LogP contribution in [-0.2, 0) is 6.61 Å². The molecule has 0 bridgehead atoms. The van der Waals surface area contributed by atoms with Crippen LogP contribution in [0.25, 0.3) is 0 Å². The Bertz CT molecular complexity index is 587. The van der Waals surface area contributed by atoms with E-state index in [0.717, 1.165) is 5.75 Å². The number of likely N-dealkylation sites (tertiary alicyclic amines) is 1. The zero-order valence-corrected chi connectivity index (χ0v) is 10.9. The Hall–Kier alpha value is -2.27. The maximum Gasteiger partial charge on any atom is 0.290 e. The van der Waals surface area contributed by atoms with Crippen molar-refractivity contribution < 1.29 is 19.1 Å². The van der Waals surface area contributed by atoms with E-state index in [9.17, 15) is 9.90 Å². The van der Waals surface area contributed by atoms with Crippen LogP contribution in [0.15, 0.2) is 47.1 Å². The smallest absolute Gasteiger partial charge is 0.290 e. The largest absolute Gasteiger partial charge is 0.489 e. The first-order chi connectivity index (χ1) is 9.74. The molecule has 1 aliphatic heterocycles. The summed E-state index contributed by atoms with van der Waals surface area (Å²) in [5.41, 5.74) is 0.709. The van der Waals surface area contributed by atoms with Crippen LogP contribution in [0.4, 0.5) is 0 Å². The normalized spacial score (nSPS) is 14.9. The van der Waals surface area contributed by atoms with Gasteiger partial charge in [0.2, 0.25) is 0 Å². The lowest BCUT2D eigenvalue weighted by Gasteiger charge is -2.35. The van der Waals surface area contributed by atoms with Crippen molar-refractivity contribution in [1.29, 1.82) is 0 Å². The van der Waals surface area contributed by atoms with Crippen molar-refractivity contribution in [3.8, 4) is 5.75 Å². The van der Waals surface area contributed by atoms with E-state index in [0.29, 0.717) is 18.7 Å². The van der Waals surface area contributed by atoms with E-state index in [1.54, 1.807) is 11.0 Å². The maximum absolute atomic E-state index is 12.1. The van der Waals surface area contributed by atoms with Crippen LogP contribution in [0.3, 0.4) is 0 Å². The zero-order chi connectivity index (χ0) is 13.9. The second-order valence-electron chi connectivity index (χ2n) is 4.74. The Morgan fingerprint density at radius 1 is 1.30 bits per heavy atom. The number of aliphatic hydroxyl groups is 1. The minimum absolute atomic E-state index is 0.202. The van der Waals surface area contributed by atoms with E-state index >= 15 is 0 Å². The fraction of sp³-hybridized carbons (Fsp3) is 0.267. The van der Waals surface area contributed by atoms with Gasteiger partial charge in [-0.25, -0.2) is 0 Å². The van der Waals surface area contributed by atoms with Gasteiger partial charge in [0.05, 0.1) is 12.4 Å². The van der Waals surface area contributed by atoms with Crippen LogP contribution in [0.1, 0.15) is 16.1 Å². The molecule has 1 N–H and O–H groups in total. The molecule has 0 unspecified atom stereocenters. The lowest BCUT2D eigenvalue weighted by atomic mass is 10.1. The van der Waals surface area contributed by atoms with Gasteiger partial charge in [0.15, 0.2) is 5.76 Å². The summed E-state index contributed by atoms with van der Waals surface area (Å²) >= 11 is 0. The number of furan rings is 1. The van der Waals surface area contributed by atoms with Crippen LogP contribution >= 0.6 is 0 Å². The number of β-amino-alcohol motifs (C(OH)–C–C–N with tert-alkyl or cyclic N) is 1. The van der Waals surface area contributed by atoms with Crippen LogP contribution in [0.5, 0.6) is 5.75 Å². The van der Waals surface area contributed by atoms with Crippen LogP contribution in [0.2, 0.25) is 0 Å². The fourth-order valence-electron chi connectivity index (χ4n) is 2.08. The van der Waals surface area contributed by atoms with Gasteiger partial charge in [-0.3, -0.25) is 4.79 Å². The van der Waals surface area contributed by atoms with Crippen molar-refractivity contribution in [3.05, 3.63) is 54.0 Å². The molecule has 1 aliphatic rings. The molecule has 1 aromatic carbocycles. The topological polar surface area (TPSA) is 62.9 Å². The number of carbonyl (C=O) groups excluding carboxylic acids is 1. The van der Waals surface area contributed by atoms with Crippen LogP contribution in [0, 0.1) is 0 Å². The summed E-state index contributed by atoms with van der Waals surface area (Å²) < 4.78 is 10.9. The predicted octanol–water partition coefficient (Wildman–Crippen LogP) is 1.68. The highest BCUT2D eigenvalue weighted by Crippen LogP contribution is 2.19. The Labute approximate surface area is 116 Å². The quantitative estimate of drug-likeness (QED) is 0.920. The fourth-order valence-corrected chi connectivity index (χ4v) is 2.08. The molecular formula is C15H15NO4. The molecular weight excluding hydrogens is 258 g/mol. The molecule has 3 rings (SSSR count). The second-order valence-corrected chi connectivity index (χ2v) is 4.74. The van der Waals surface area contributed by atoms with Crippen molar-refractivity contribution in [3.63, 3.8) is 0 Å². The Balaban J connectivity index is 1.66. The third-order valence-electron chi connectivity index (χ3n) is 3.23. The lowest BCUT2D eigenvalue weighted by Crippen LogP contribution is -2.53. The highest BCUT2D eigenvalue weighted by molar-refractivity contribution is 5.93. The molecule has 1 saturated heterocycles. The number of hydrogen-bond acceptors (Lipinski definition) is 4. The van der Waals surface area contributed by atoms with Crippen LogP contribution < -0.4 is 4.74 Å². The molecule has 5 nitrogen and oxygen atoms in total. The van der Waals surface area contributed by atoms with E-state index < -0.39 is 6.10 Å². The molecule has 0 radical (unpaired) electrons. The number of amides is 1. The minimum atomic E-state index is -0.419. The molecule has 1 fully saturated rings. The van der Waals surface area contributed by atoms with Crippen molar-refractivity contribution in [2.24, 2.45) is 0 Å². The van der Waals surface area contributed by atoms with E-state index in [-0.39, 0.29) is 18.3 Å². The molecule has 2 aromatic rings. The SMILES string of the molecule is O=C(c1occc1COc1ccccc1)N1CC(O)C1. The maximum atomic E-state index is 12.1. The Morgan fingerprint density at radius 2 is 2.05 bits per heavy atom. The van der Waals surface area contributed by atoms with E-state index in [1.807, 2.05) is 30.3 Å².